The summed E-state index contributed by atoms with van der Waals surface area (Å²) in [5, 5.41) is 56.5. The summed E-state index contributed by atoms with van der Waals surface area (Å²) in [4.78, 5) is 11.7. The standard InChI is InChI=1S/C24H42O8/c1-2-3-4-5-6-7-8-9-10-11-12-13-14-15-16-17-20(27)32-24(31)23(30)22(29)21(28)19(26)18-25/h3-4,6-7,9-10,19,21-26,28-31H,2,5,8,11-18H2,1H3/b4-3-,7-6-,10-9-/t19-,21-,22+,23-,24?/m1/s1. The summed E-state index contributed by atoms with van der Waals surface area (Å²) in [6, 6.07) is 0. The molecule has 8 nitrogen and oxygen atoms in total. The van der Waals surface area contributed by atoms with Gasteiger partial charge in [0.25, 0.3) is 0 Å². The number of rotatable bonds is 19. The number of ether oxygens (including phenoxy) is 1. The number of aliphatic hydroxyl groups is 6. The van der Waals surface area contributed by atoms with Gasteiger partial charge in [0.1, 0.15) is 24.4 Å². The number of esters is 1. The molecule has 0 bridgehead atoms. The van der Waals surface area contributed by atoms with Gasteiger partial charge in [-0.1, -0.05) is 62.6 Å². The van der Waals surface area contributed by atoms with Crippen LogP contribution in [0.25, 0.3) is 0 Å². The van der Waals surface area contributed by atoms with Gasteiger partial charge in [0, 0.05) is 6.42 Å². The van der Waals surface area contributed by atoms with Crippen LogP contribution >= 0.6 is 0 Å². The average molecular weight is 459 g/mol. The van der Waals surface area contributed by atoms with Gasteiger partial charge in [0.15, 0.2) is 0 Å². The van der Waals surface area contributed by atoms with Gasteiger partial charge in [-0.3, -0.25) is 4.79 Å². The summed E-state index contributed by atoms with van der Waals surface area (Å²) in [6.45, 7) is 1.28. The van der Waals surface area contributed by atoms with Crippen LogP contribution in [0.3, 0.4) is 0 Å². The number of unbranched alkanes of at least 4 members (excludes halogenated alkanes) is 5. The van der Waals surface area contributed by atoms with E-state index in [2.05, 4.69) is 48.1 Å². The van der Waals surface area contributed by atoms with Crippen molar-refractivity contribution in [2.24, 2.45) is 0 Å². The zero-order valence-corrected chi connectivity index (χ0v) is 19.1. The van der Waals surface area contributed by atoms with Gasteiger partial charge in [-0.2, -0.15) is 0 Å². The van der Waals surface area contributed by atoms with Crippen molar-refractivity contribution in [1.29, 1.82) is 0 Å². The van der Waals surface area contributed by atoms with Crippen LogP contribution in [0.5, 0.6) is 0 Å². The summed E-state index contributed by atoms with van der Waals surface area (Å²) >= 11 is 0. The third kappa shape index (κ3) is 15.3. The maximum Gasteiger partial charge on any atom is 0.308 e. The molecule has 0 amide bonds. The first kappa shape index (κ1) is 30.4. The lowest BCUT2D eigenvalue weighted by Crippen LogP contribution is -2.50. The molecule has 0 saturated carbocycles. The molecule has 0 rings (SSSR count). The monoisotopic (exact) mass is 458 g/mol. The highest BCUT2D eigenvalue weighted by atomic mass is 16.6. The Labute approximate surface area is 191 Å². The van der Waals surface area contributed by atoms with Crippen LogP contribution in [-0.4, -0.2) is 73.9 Å². The second-order valence-corrected chi connectivity index (χ2v) is 7.70. The highest BCUT2D eigenvalue weighted by molar-refractivity contribution is 5.69. The minimum Gasteiger partial charge on any atom is -0.433 e. The van der Waals surface area contributed by atoms with E-state index >= 15 is 0 Å². The Balaban J connectivity index is 3.78. The van der Waals surface area contributed by atoms with E-state index in [4.69, 9.17) is 5.11 Å². The van der Waals surface area contributed by atoms with Crippen LogP contribution in [-0.2, 0) is 9.53 Å². The number of hydrogen-bond acceptors (Lipinski definition) is 8. The van der Waals surface area contributed by atoms with Gasteiger partial charge >= 0.3 is 5.97 Å². The zero-order valence-electron chi connectivity index (χ0n) is 19.1. The molecule has 1 unspecified atom stereocenters. The largest absolute Gasteiger partial charge is 0.433 e. The second kappa shape index (κ2) is 20.1. The summed E-state index contributed by atoms with van der Waals surface area (Å²) in [7, 11) is 0. The zero-order chi connectivity index (χ0) is 24.2. The number of aliphatic hydroxyl groups excluding tert-OH is 6. The highest BCUT2D eigenvalue weighted by Crippen LogP contribution is 2.12. The molecule has 0 aromatic heterocycles. The quantitative estimate of drug-likeness (QED) is 0.0744. The third-order valence-electron chi connectivity index (χ3n) is 4.86. The molecule has 0 aliphatic rings. The maximum absolute atomic E-state index is 11.7. The normalized spacial score (nSPS) is 17.1. The Morgan fingerprint density at radius 3 is 1.94 bits per heavy atom. The first-order valence-corrected chi connectivity index (χ1v) is 11.5. The number of allylic oxidation sites excluding steroid dienone is 6. The molecular weight excluding hydrogens is 416 g/mol. The smallest absolute Gasteiger partial charge is 0.308 e. The first-order valence-electron chi connectivity index (χ1n) is 11.5. The predicted molar refractivity (Wildman–Crippen MR) is 122 cm³/mol. The molecule has 0 aliphatic carbocycles. The Bertz CT molecular complexity index is 546. The number of carbonyl (C=O) groups excluding carboxylic acids is 1. The second-order valence-electron chi connectivity index (χ2n) is 7.70. The van der Waals surface area contributed by atoms with Crippen molar-refractivity contribution in [2.75, 3.05) is 6.61 Å². The molecule has 0 aromatic rings. The van der Waals surface area contributed by atoms with Crippen LogP contribution in [0.15, 0.2) is 36.5 Å². The van der Waals surface area contributed by atoms with Crippen LogP contribution in [0.1, 0.15) is 71.1 Å². The van der Waals surface area contributed by atoms with Crippen LogP contribution in [0.2, 0.25) is 0 Å². The number of carbonyl (C=O) groups is 1. The molecule has 0 saturated heterocycles. The highest BCUT2D eigenvalue weighted by Gasteiger charge is 2.35. The summed E-state index contributed by atoms with van der Waals surface area (Å²) in [5.41, 5.74) is 0. The molecule has 0 aromatic carbocycles. The fraction of sp³-hybridized carbons (Fsp3) is 0.708. The Hall–Kier alpha value is -1.55. The summed E-state index contributed by atoms with van der Waals surface area (Å²) < 4.78 is 4.65. The van der Waals surface area contributed by atoms with Crippen molar-refractivity contribution in [2.45, 2.75) is 102 Å². The van der Waals surface area contributed by atoms with Gasteiger partial charge < -0.3 is 35.4 Å². The van der Waals surface area contributed by atoms with Crippen molar-refractivity contribution in [3.05, 3.63) is 36.5 Å². The molecule has 5 atom stereocenters. The van der Waals surface area contributed by atoms with Crippen molar-refractivity contribution in [3.8, 4) is 0 Å². The minimum atomic E-state index is -2.05. The lowest BCUT2D eigenvalue weighted by molar-refractivity contribution is -0.213. The average Bonchev–Trinajstić information content (AvgIpc) is 2.79. The van der Waals surface area contributed by atoms with Gasteiger partial charge in [0.2, 0.25) is 6.29 Å². The maximum atomic E-state index is 11.7. The lowest BCUT2D eigenvalue weighted by atomic mass is 10.0. The van der Waals surface area contributed by atoms with E-state index in [1.54, 1.807) is 0 Å². The van der Waals surface area contributed by atoms with Crippen molar-refractivity contribution >= 4 is 5.97 Å². The van der Waals surface area contributed by atoms with Gasteiger partial charge in [0.05, 0.1) is 6.61 Å². The van der Waals surface area contributed by atoms with Crippen molar-refractivity contribution < 1.29 is 40.2 Å². The Morgan fingerprint density at radius 2 is 1.31 bits per heavy atom. The molecule has 32 heavy (non-hydrogen) atoms. The van der Waals surface area contributed by atoms with E-state index < -0.39 is 43.3 Å². The fourth-order valence-corrected chi connectivity index (χ4v) is 2.86. The molecule has 0 heterocycles. The van der Waals surface area contributed by atoms with Gasteiger partial charge in [-0.05, 0) is 38.5 Å². The Morgan fingerprint density at radius 1 is 0.750 bits per heavy atom. The predicted octanol–water partition coefficient (Wildman–Crippen LogP) is 1.87. The van der Waals surface area contributed by atoms with Crippen molar-refractivity contribution in [3.63, 3.8) is 0 Å². The first-order chi connectivity index (χ1) is 15.3. The molecule has 0 fully saturated rings. The van der Waals surface area contributed by atoms with E-state index in [1.165, 1.54) is 0 Å². The van der Waals surface area contributed by atoms with Gasteiger partial charge in [-0.15, -0.1) is 0 Å². The summed E-state index contributed by atoms with van der Waals surface area (Å²) in [6.07, 6.45) is 11.9. The van der Waals surface area contributed by atoms with E-state index in [0.29, 0.717) is 6.42 Å². The molecule has 8 heteroatoms. The lowest BCUT2D eigenvalue weighted by Gasteiger charge is -2.28. The molecular formula is C24H42O8. The van der Waals surface area contributed by atoms with E-state index in [-0.39, 0.29) is 6.42 Å². The fourth-order valence-electron chi connectivity index (χ4n) is 2.86. The van der Waals surface area contributed by atoms with E-state index in [9.17, 15) is 30.3 Å². The molecule has 0 radical (unpaired) electrons. The van der Waals surface area contributed by atoms with Crippen LogP contribution < -0.4 is 0 Å². The Kier molecular flexibility index (Phi) is 19.1. The van der Waals surface area contributed by atoms with Crippen molar-refractivity contribution in [1.82, 2.24) is 0 Å². The molecule has 0 aliphatic heterocycles. The molecule has 186 valence electrons. The molecule has 6 N–H and O–H groups in total. The number of hydrogen-bond donors (Lipinski definition) is 6. The third-order valence-corrected chi connectivity index (χ3v) is 4.86. The minimum absolute atomic E-state index is 0.0569. The topological polar surface area (TPSA) is 148 Å². The van der Waals surface area contributed by atoms with Crippen LogP contribution in [0, 0.1) is 0 Å². The van der Waals surface area contributed by atoms with Gasteiger partial charge in [-0.25, -0.2) is 0 Å². The van der Waals surface area contributed by atoms with E-state index in [1.807, 2.05) is 0 Å². The SMILES string of the molecule is CC/C=C\C/C=C\C/C=C\CCCCCCCC(=O)OC(O)[C@H](O)[C@@H](O)[C@H](O)[C@H](O)CO. The summed E-state index contributed by atoms with van der Waals surface area (Å²) in [5.74, 6) is -0.734. The van der Waals surface area contributed by atoms with Crippen LogP contribution in [0.4, 0.5) is 0 Å². The molecule has 0 spiro atoms. The van der Waals surface area contributed by atoms with E-state index in [0.717, 1.165) is 51.4 Å².